The number of pyridine rings is 1. The minimum absolute atomic E-state index is 0.00155. The van der Waals surface area contributed by atoms with E-state index in [0.717, 1.165) is 25.3 Å². The Hall–Kier alpha value is -1.90. The van der Waals surface area contributed by atoms with Crippen molar-refractivity contribution >= 4 is 11.4 Å². The van der Waals surface area contributed by atoms with Crippen LogP contribution < -0.4 is 10.2 Å². The SMILES string of the molecule is O=[N+]([O-])c1cnc(C(F)(F)F)cc1N1CCC2CCC(C1)N2. The van der Waals surface area contributed by atoms with Gasteiger partial charge in [0.1, 0.15) is 17.6 Å². The van der Waals surface area contributed by atoms with Crippen molar-refractivity contribution < 1.29 is 18.1 Å². The van der Waals surface area contributed by atoms with Crippen LogP contribution in [0.3, 0.4) is 0 Å². The number of nitrogens with zero attached hydrogens (tertiary/aromatic N) is 3. The monoisotopic (exact) mass is 316 g/mol. The summed E-state index contributed by atoms with van der Waals surface area (Å²) in [7, 11) is 0. The van der Waals surface area contributed by atoms with Crippen molar-refractivity contribution in [3.8, 4) is 0 Å². The molecule has 0 aromatic carbocycles. The van der Waals surface area contributed by atoms with Gasteiger partial charge in [0, 0.05) is 25.2 Å². The molecular weight excluding hydrogens is 301 g/mol. The fourth-order valence-corrected chi connectivity index (χ4v) is 3.15. The Balaban J connectivity index is 1.97. The van der Waals surface area contributed by atoms with Gasteiger partial charge in [0.05, 0.1) is 4.92 Å². The number of alkyl halides is 3. The lowest BCUT2D eigenvalue weighted by Crippen LogP contribution is -2.35. The van der Waals surface area contributed by atoms with E-state index < -0.39 is 16.8 Å². The van der Waals surface area contributed by atoms with Crippen LogP contribution >= 0.6 is 0 Å². The fraction of sp³-hybridized carbons (Fsp3) is 0.615. The molecule has 0 amide bonds. The topological polar surface area (TPSA) is 71.3 Å². The van der Waals surface area contributed by atoms with Crippen molar-refractivity contribution in [1.29, 1.82) is 0 Å². The maximum absolute atomic E-state index is 12.8. The number of fused-ring (bicyclic) bond motifs is 2. The van der Waals surface area contributed by atoms with E-state index in [2.05, 4.69) is 10.3 Å². The molecule has 2 fully saturated rings. The highest BCUT2D eigenvalue weighted by atomic mass is 19.4. The number of halogens is 3. The van der Waals surface area contributed by atoms with E-state index >= 15 is 0 Å². The van der Waals surface area contributed by atoms with Crippen molar-refractivity contribution in [2.75, 3.05) is 18.0 Å². The van der Waals surface area contributed by atoms with Crippen LogP contribution in [-0.4, -0.2) is 35.1 Å². The first-order valence-corrected chi connectivity index (χ1v) is 7.07. The number of hydrogen-bond donors (Lipinski definition) is 1. The zero-order valence-electron chi connectivity index (χ0n) is 11.6. The fourth-order valence-electron chi connectivity index (χ4n) is 3.15. The van der Waals surface area contributed by atoms with E-state index in [-0.39, 0.29) is 17.4 Å². The standard InChI is InChI=1S/C13H15F3N4O2/c14-13(15,16)12-5-10(11(6-17-12)20(21)22)19-4-3-8-1-2-9(7-19)18-8/h5-6,8-9,18H,1-4,7H2. The molecule has 9 heteroatoms. The van der Waals surface area contributed by atoms with Crippen LogP contribution in [0.2, 0.25) is 0 Å². The van der Waals surface area contributed by atoms with Gasteiger partial charge in [0.2, 0.25) is 0 Å². The van der Waals surface area contributed by atoms with E-state index in [1.807, 2.05) is 0 Å². The normalized spacial score (nSPS) is 25.1. The van der Waals surface area contributed by atoms with Crippen LogP contribution in [0.15, 0.2) is 12.3 Å². The van der Waals surface area contributed by atoms with Crippen LogP contribution in [0.5, 0.6) is 0 Å². The summed E-state index contributed by atoms with van der Waals surface area (Å²) in [5, 5.41) is 14.5. The molecule has 2 atom stereocenters. The van der Waals surface area contributed by atoms with Crippen LogP contribution in [-0.2, 0) is 6.18 Å². The van der Waals surface area contributed by atoms with E-state index in [4.69, 9.17) is 0 Å². The molecule has 0 radical (unpaired) electrons. The molecule has 3 rings (SSSR count). The Labute approximate surface area is 124 Å². The number of hydrogen-bond acceptors (Lipinski definition) is 5. The highest BCUT2D eigenvalue weighted by Crippen LogP contribution is 2.36. The minimum atomic E-state index is -4.62. The molecule has 2 aliphatic rings. The van der Waals surface area contributed by atoms with Crippen LogP contribution in [0.1, 0.15) is 25.0 Å². The first-order chi connectivity index (χ1) is 10.3. The molecule has 120 valence electrons. The van der Waals surface area contributed by atoms with Gasteiger partial charge in [-0.25, -0.2) is 4.98 Å². The lowest BCUT2D eigenvalue weighted by atomic mass is 10.1. The Morgan fingerprint density at radius 1 is 1.32 bits per heavy atom. The largest absolute Gasteiger partial charge is 0.433 e. The molecule has 0 aliphatic carbocycles. The van der Waals surface area contributed by atoms with Crippen molar-refractivity contribution in [1.82, 2.24) is 10.3 Å². The van der Waals surface area contributed by atoms with E-state index in [0.29, 0.717) is 25.3 Å². The Kier molecular flexibility index (Phi) is 3.67. The third kappa shape index (κ3) is 2.85. The minimum Gasteiger partial charge on any atom is -0.364 e. The molecule has 1 N–H and O–H groups in total. The molecule has 22 heavy (non-hydrogen) atoms. The van der Waals surface area contributed by atoms with E-state index in [1.54, 1.807) is 4.90 Å². The summed E-state index contributed by atoms with van der Waals surface area (Å²) in [5.74, 6) is 0. The highest BCUT2D eigenvalue weighted by Gasteiger charge is 2.37. The predicted octanol–water partition coefficient (Wildman–Crippen LogP) is 2.34. The van der Waals surface area contributed by atoms with Gasteiger partial charge in [-0.1, -0.05) is 0 Å². The maximum Gasteiger partial charge on any atom is 0.433 e. The predicted molar refractivity (Wildman–Crippen MR) is 72.7 cm³/mol. The van der Waals surface area contributed by atoms with Gasteiger partial charge in [-0.15, -0.1) is 0 Å². The summed E-state index contributed by atoms with van der Waals surface area (Å²) in [4.78, 5) is 15.3. The summed E-state index contributed by atoms with van der Waals surface area (Å²) in [6.45, 7) is 0.967. The molecule has 2 saturated heterocycles. The number of aromatic nitrogens is 1. The number of rotatable bonds is 2. The zero-order chi connectivity index (χ0) is 15.9. The van der Waals surface area contributed by atoms with E-state index in [9.17, 15) is 23.3 Å². The maximum atomic E-state index is 12.8. The molecule has 1 aromatic rings. The summed E-state index contributed by atoms with van der Waals surface area (Å²) < 4.78 is 38.5. The summed E-state index contributed by atoms with van der Waals surface area (Å²) in [5.41, 5.74) is -1.48. The second-order valence-corrected chi connectivity index (χ2v) is 5.69. The van der Waals surface area contributed by atoms with E-state index in [1.165, 1.54) is 0 Å². The molecule has 2 aliphatic heterocycles. The third-order valence-corrected chi connectivity index (χ3v) is 4.21. The van der Waals surface area contributed by atoms with Gasteiger partial charge in [-0.2, -0.15) is 13.2 Å². The summed E-state index contributed by atoms with van der Waals surface area (Å²) in [6, 6.07) is 1.30. The average molecular weight is 316 g/mol. The Bertz CT molecular complexity index is 593. The molecule has 0 saturated carbocycles. The average Bonchev–Trinajstić information content (AvgIpc) is 2.76. The number of nitrogens with one attached hydrogen (secondary N) is 1. The Morgan fingerprint density at radius 3 is 2.73 bits per heavy atom. The molecule has 3 heterocycles. The molecule has 0 spiro atoms. The Morgan fingerprint density at radius 2 is 2.05 bits per heavy atom. The molecular formula is C13H15F3N4O2. The van der Waals surface area contributed by atoms with Gasteiger partial charge < -0.3 is 10.2 Å². The van der Waals surface area contributed by atoms with Crippen molar-refractivity contribution in [3.05, 3.63) is 28.1 Å². The smallest absolute Gasteiger partial charge is 0.364 e. The first-order valence-electron chi connectivity index (χ1n) is 7.07. The third-order valence-electron chi connectivity index (χ3n) is 4.21. The lowest BCUT2D eigenvalue weighted by molar-refractivity contribution is -0.384. The van der Waals surface area contributed by atoms with Gasteiger partial charge in [-0.05, 0) is 25.3 Å². The number of anilines is 1. The first kappa shape index (κ1) is 15.0. The molecule has 1 aromatic heterocycles. The summed E-state index contributed by atoms with van der Waals surface area (Å²) >= 11 is 0. The van der Waals surface area contributed by atoms with Crippen molar-refractivity contribution in [2.45, 2.75) is 37.5 Å². The second kappa shape index (κ2) is 5.38. The zero-order valence-corrected chi connectivity index (χ0v) is 11.6. The molecule has 2 unspecified atom stereocenters. The van der Waals surface area contributed by atoms with Crippen molar-refractivity contribution in [3.63, 3.8) is 0 Å². The summed E-state index contributed by atoms with van der Waals surface area (Å²) in [6.07, 6.45) is -1.17. The van der Waals surface area contributed by atoms with Crippen molar-refractivity contribution in [2.24, 2.45) is 0 Å². The molecule has 6 nitrogen and oxygen atoms in total. The van der Waals surface area contributed by atoms with Gasteiger partial charge in [-0.3, -0.25) is 10.1 Å². The molecule has 2 bridgehead atoms. The highest BCUT2D eigenvalue weighted by molar-refractivity contribution is 5.63. The number of nitro groups is 1. The lowest BCUT2D eigenvalue weighted by Gasteiger charge is -2.26. The van der Waals surface area contributed by atoms with Gasteiger partial charge in [0.25, 0.3) is 0 Å². The van der Waals surface area contributed by atoms with Crippen LogP contribution in [0.25, 0.3) is 0 Å². The van der Waals surface area contributed by atoms with Crippen LogP contribution in [0, 0.1) is 10.1 Å². The van der Waals surface area contributed by atoms with Crippen LogP contribution in [0.4, 0.5) is 24.5 Å². The second-order valence-electron chi connectivity index (χ2n) is 5.69. The van der Waals surface area contributed by atoms with Gasteiger partial charge in [0.15, 0.2) is 0 Å². The van der Waals surface area contributed by atoms with Gasteiger partial charge >= 0.3 is 11.9 Å². The quantitative estimate of drug-likeness (QED) is 0.670.